The predicted octanol–water partition coefficient (Wildman–Crippen LogP) is 4.76. The summed E-state index contributed by atoms with van der Waals surface area (Å²) in [7, 11) is 0. The Balaban J connectivity index is 1.45. The van der Waals surface area contributed by atoms with E-state index in [-0.39, 0.29) is 18.6 Å². The van der Waals surface area contributed by atoms with Gasteiger partial charge in [-0.2, -0.15) is 0 Å². The summed E-state index contributed by atoms with van der Waals surface area (Å²) in [6.45, 7) is 8.75. The molecule has 5 heteroatoms. The highest BCUT2D eigenvalue weighted by molar-refractivity contribution is 5.93. The summed E-state index contributed by atoms with van der Waals surface area (Å²) in [5, 5.41) is 6.08. The second-order valence-corrected chi connectivity index (χ2v) is 7.81. The van der Waals surface area contributed by atoms with Crippen LogP contribution in [-0.2, 0) is 4.79 Å². The third kappa shape index (κ3) is 5.91. The second kappa shape index (κ2) is 9.49. The lowest BCUT2D eigenvalue weighted by atomic mass is 9.99. The molecule has 2 N–H and O–H groups in total. The Labute approximate surface area is 168 Å². The van der Waals surface area contributed by atoms with Crippen molar-refractivity contribution in [2.24, 2.45) is 5.92 Å². The molecule has 28 heavy (non-hydrogen) atoms. The zero-order chi connectivity index (χ0) is 19.9. The summed E-state index contributed by atoms with van der Waals surface area (Å²) in [4.78, 5) is 14.6. The summed E-state index contributed by atoms with van der Waals surface area (Å²) >= 11 is 0. The van der Waals surface area contributed by atoms with Crippen LogP contribution in [0, 0.1) is 5.92 Å². The van der Waals surface area contributed by atoms with Crippen LogP contribution in [0.2, 0.25) is 0 Å². The number of rotatable bonds is 7. The first-order valence-corrected chi connectivity index (χ1v) is 10.1. The van der Waals surface area contributed by atoms with Crippen LogP contribution in [0.15, 0.2) is 48.5 Å². The van der Waals surface area contributed by atoms with Gasteiger partial charge in [0.15, 0.2) is 0 Å². The van der Waals surface area contributed by atoms with E-state index < -0.39 is 0 Å². The maximum atomic E-state index is 12.2. The maximum absolute atomic E-state index is 12.2. The number of amides is 1. The normalized spacial score (nSPS) is 14.8. The topological polar surface area (TPSA) is 53.6 Å². The number of hydrogen-bond donors (Lipinski definition) is 2. The third-order valence-electron chi connectivity index (χ3n) is 4.98. The molecule has 0 aromatic heterocycles. The van der Waals surface area contributed by atoms with Crippen LogP contribution < -0.4 is 20.3 Å². The van der Waals surface area contributed by atoms with Crippen molar-refractivity contribution in [1.29, 1.82) is 0 Å². The van der Waals surface area contributed by atoms with Gasteiger partial charge in [-0.3, -0.25) is 4.79 Å². The van der Waals surface area contributed by atoms with Crippen molar-refractivity contribution in [2.75, 3.05) is 35.2 Å². The minimum atomic E-state index is -0.0675. The van der Waals surface area contributed by atoms with E-state index in [4.69, 9.17) is 4.74 Å². The van der Waals surface area contributed by atoms with Gasteiger partial charge in [0.1, 0.15) is 5.75 Å². The summed E-state index contributed by atoms with van der Waals surface area (Å²) in [5.41, 5.74) is 2.94. The molecule has 1 aliphatic heterocycles. The number of nitrogens with one attached hydrogen (secondary N) is 2. The van der Waals surface area contributed by atoms with Crippen molar-refractivity contribution in [3.05, 3.63) is 48.5 Å². The van der Waals surface area contributed by atoms with Crippen LogP contribution in [0.3, 0.4) is 0 Å². The van der Waals surface area contributed by atoms with Crippen LogP contribution in [0.4, 0.5) is 17.1 Å². The molecule has 5 nitrogen and oxygen atoms in total. The molecule has 1 aliphatic rings. The minimum absolute atomic E-state index is 0.0675. The molecule has 1 heterocycles. The Kier molecular flexibility index (Phi) is 6.80. The first-order chi connectivity index (χ1) is 13.5. The fourth-order valence-electron chi connectivity index (χ4n) is 3.33. The molecule has 0 spiro atoms. The van der Waals surface area contributed by atoms with Crippen molar-refractivity contribution < 1.29 is 9.53 Å². The fraction of sp³-hybridized carbons (Fsp3) is 0.435. The average Bonchev–Trinajstić information content (AvgIpc) is 2.68. The molecule has 0 bridgehead atoms. The molecular formula is C23H31N3O2. The Morgan fingerprint density at radius 3 is 2.25 bits per heavy atom. The first kappa shape index (κ1) is 20.1. The van der Waals surface area contributed by atoms with Gasteiger partial charge in [-0.15, -0.1) is 0 Å². The van der Waals surface area contributed by atoms with Crippen LogP contribution >= 0.6 is 0 Å². The van der Waals surface area contributed by atoms with E-state index in [1.165, 1.54) is 18.5 Å². The van der Waals surface area contributed by atoms with Gasteiger partial charge in [0.2, 0.25) is 5.91 Å². The largest absolute Gasteiger partial charge is 0.491 e. The standard InChI is InChI=1S/C23H31N3O2/c1-17(2)28-22-10-6-19(7-11-22)24-16-23(27)25-20-4-8-21(9-5-20)26-14-12-18(3)13-15-26/h4-11,17-18,24H,12-16H2,1-3H3,(H,25,27). The molecule has 1 amide bonds. The minimum Gasteiger partial charge on any atom is -0.491 e. The average molecular weight is 382 g/mol. The van der Waals surface area contributed by atoms with Crippen molar-refractivity contribution in [1.82, 2.24) is 0 Å². The van der Waals surface area contributed by atoms with Crippen molar-refractivity contribution in [3.8, 4) is 5.75 Å². The molecule has 1 saturated heterocycles. The van der Waals surface area contributed by atoms with Gasteiger partial charge in [-0.25, -0.2) is 0 Å². The SMILES string of the molecule is CC1CCN(c2ccc(NC(=O)CNc3ccc(OC(C)C)cc3)cc2)CC1. The summed E-state index contributed by atoms with van der Waals surface area (Å²) in [6.07, 6.45) is 2.64. The molecule has 3 rings (SSSR count). The monoisotopic (exact) mass is 381 g/mol. The predicted molar refractivity (Wildman–Crippen MR) is 116 cm³/mol. The zero-order valence-electron chi connectivity index (χ0n) is 17.1. The van der Waals surface area contributed by atoms with Crippen LogP contribution in [0.5, 0.6) is 5.75 Å². The number of nitrogens with zero attached hydrogens (tertiary/aromatic N) is 1. The summed E-state index contributed by atoms with van der Waals surface area (Å²) in [6, 6.07) is 15.8. The van der Waals surface area contributed by atoms with Crippen molar-refractivity contribution in [2.45, 2.75) is 39.7 Å². The molecule has 0 unspecified atom stereocenters. The number of anilines is 3. The second-order valence-electron chi connectivity index (χ2n) is 7.81. The Hall–Kier alpha value is -2.69. The van der Waals surface area contributed by atoms with Gasteiger partial charge >= 0.3 is 0 Å². The van der Waals surface area contributed by atoms with Crippen molar-refractivity contribution in [3.63, 3.8) is 0 Å². The van der Waals surface area contributed by atoms with E-state index in [1.54, 1.807) is 0 Å². The number of carbonyl (C=O) groups is 1. The molecule has 2 aromatic rings. The van der Waals surface area contributed by atoms with Crippen molar-refractivity contribution >= 4 is 23.0 Å². The number of carbonyl (C=O) groups excluding carboxylic acids is 1. The molecule has 2 aromatic carbocycles. The van der Waals surface area contributed by atoms with E-state index in [2.05, 4.69) is 34.6 Å². The van der Waals surface area contributed by atoms with Gasteiger partial charge in [-0.1, -0.05) is 6.92 Å². The molecule has 0 saturated carbocycles. The molecule has 150 valence electrons. The van der Waals surface area contributed by atoms with Gasteiger partial charge in [-0.05, 0) is 81.1 Å². The number of piperidine rings is 1. The van der Waals surface area contributed by atoms with Gasteiger partial charge in [0.05, 0.1) is 12.6 Å². The van der Waals surface area contributed by atoms with Crippen LogP contribution in [0.1, 0.15) is 33.6 Å². The van der Waals surface area contributed by atoms with Crippen LogP contribution in [-0.4, -0.2) is 31.6 Å². The molecule has 0 radical (unpaired) electrons. The summed E-state index contributed by atoms with van der Waals surface area (Å²) in [5.74, 6) is 1.58. The van der Waals surface area contributed by atoms with E-state index in [1.807, 2.05) is 50.2 Å². The number of benzene rings is 2. The Morgan fingerprint density at radius 1 is 1.04 bits per heavy atom. The highest BCUT2D eigenvalue weighted by Crippen LogP contribution is 2.24. The molecule has 0 atom stereocenters. The molecule has 0 aliphatic carbocycles. The fourth-order valence-corrected chi connectivity index (χ4v) is 3.33. The Morgan fingerprint density at radius 2 is 1.64 bits per heavy atom. The third-order valence-corrected chi connectivity index (χ3v) is 4.98. The number of hydrogen-bond acceptors (Lipinski definition) is 4. The number of ether oxygens (including phenoxy) is 1. The lowest BCUT2D eigenvalue weighted by Crippen LogP contribution is -2.32. The molecule has 1 fully saturated rings. The smallest absolute Gasteiger partial charge is 0.243 e. The zero-order valence-corrected chi connectivity index (χ0v) is 17.1. The summed E-state index contributed by atoms with van der Waals surface area (Å²) < 4.78 is 5.62. The Bertz CT molecular complexity index is 748. The highest BCUT2D eigenvalue weighted by atomic mass is 16.5. The first-order valence-electron chi connectivity index (χ1n) is 10.1. The lowest BCUT2D eigenvalue weighted by molar-refractivity contribution is -0.114. The quantitative estimate of drug-likeness (QED) is 0.726. The van der Waals surface area contributed by atoms with E-state index in [9.17, 15) is 4.79 Å². The van der Waals surface area contributed by atoms with Gasteiger partial charge < -0.3 is 20.3 Å². The highest BCUT2D eigenvalue weighted by Gasteiger charge is 2.15. The van der Waals surface area contributed by atoms with Crippen LogP contribution in [0.25, 0.3) is 0 Å². The van der Waals surface area contributed by atoms with E-state index in [0.29, 0.717) is 0 Å². The van der Waals surface area contributed by atoms with E-state index in [0.717, 1.165) is 36.1 Å². The maximum Gasteiger partial charge on any atom is 0.243 e. The molecular weight excluding hydrogens is 350 g/mol. The van der Waals surface area contributed by atoms with E-state index >= 15 is 0 Å². The van der Waals surface area contributed by atoms with Gasteiger partial charge in [0.25, 0.3) is 0 Å². The van der Waals surface area contributed by atoms with Gasteiger partial charge in [0, 0.05) is 30.2 Å². The lowest BCUT2D eigenvalue weighted by Gasteiger charge is -2.32.